The first-order valence-corrected chi connectivity index (χ1v) is 12.0. The summed E-state index contributed by atoms with van der Waals surface area (Å²) in [5.74, 6) is 0.645. The van der Waals surface area contributed by atoms with E-state index in [2.05, 4.69) is 18.0 Å². The summed E-state index contributed by atoms with van der Waals surface area (Å²) in [6.45, 7) is 3.52. The Kier molecular flexibility index (Phi) is 5.35. The van der Waals surface area contributed by atoms with Gasteiger partial charge in [0.15, 0.2) is 5.16 Å². The van der Waals surface area contributed by atoms with Gasteiger partial charge >= 0.3 is 0 Å². The fourth-order valence-electron chi connectivity index (χ4n) is 4.26. The Labute approximate surface area is 182 Å². The monoisotopic (exact) mass is 438 g/mol. The summed E-state index contributed by atoms with van der Waals surface area (Å²) >= 11 is 3.00. The van der Waals surface area contributed by atoms with Gasteiger partial charge in [0.25, 0.3) is 5.56 Å². The average Bonchev–Trinajstić information content (AvgIpc) is 3.38. The molecule has 0 radical (unpaired) electrons. The van der Waals surface area contributed by atoms with Crippen molar-refractivity contribution in [3.8, 4) is 6.07 Å². The summed E-state index contributed by atoms with van der Waals surface area (Å²) < 4.78 is 7.59. The molecule has 6 nitrogen and oxygen atoms in total. The number of aryl methyl sites for hydroxylation is 1. The molecule has 0 N–H and O–H groups in total. The topological polar surface area (TPSA) is 80.8 Å². The van der Waals surface area contributed by atoms with E-state index in [9.17, 15) is 4.79 Å². The lowest BCUT2D eigenvalue weighted by atomic mass is 9.89. The highest BCUT2D eigenvalue weighted by molar-refractivity contribution is 7.99. The molecule has 0 bridgehead atoms. The van der Waals surface area contributed by atoms with Crippen molar-refractivity contribution in [2.45, 2.75) is 61.9 Å². The van der Waals surface area contributed by atoms with E-state index in [-0.39, 0.29) is 11.7 Å². The first kappa shape index (κ1) is 19.7. The van der Waals surface area contributed by atoms with Crippen LogP contribution in [-0.4, -0.2) is 27.2 Å². The Morgan fingerprint density at radius 1 is 1.37 bits per heavy atom. The van der Waals surface area contributed by atoms with Crippen LogP contribution in [-0.2, 0) is 24.1 Å². The molecule has 1 fully saturated rings. The largest absolute Gasteiger partial charge is 0.376 e. The second-order valence-electron chi connectivity index (χ2n) is 8.05. The van der Waals surface area contributed by atoms with E-state index >= 15 is 0 Å². The van der Waals surface area contributed by atoms with Gasteiger partial charge in [-0.3, -0.25) is 9.36 Å². The smallest absolute Gasteiger partial charge is 0.263 e. The molecule has 4 heterocycles. The van der Waals surface area contributed by atoms with Gasteiger partial charge < -0.3 is 4.74 Å². The molecule has 1 saturated heterocycles. The number of aromatic nitrogens is 3. The lowest BCUT2D eigenvalue weighted by Crippen LogP contribution is -2.29. The molecule has 1 aliphatic carbocycles. The predicted octanol–water partition coefficient (Wildman–Crippen LogP) is 4.18. The Hall–Kier alpha value is -2.21. The number of fused-ring (bicyclic) bond motifs is 3. The van der Waals surface area contributed by atoms with Crippen molar-refractivity contribution in [3.05, 3.63) is 44.7 Å². The average molecular weight is 439 g/mol. The van der Waals surface area contributed by atoms with Gasteiger partial charge in [-0.15, -0.1) is 11.3 Å². The second kappa shape index (κ2) is 8.14. The van der Waals surface area contributed by atoms with Crippen molar-refractivity contribution >= 4 is 33.3 Å². The summed E-state index contributed by atoms with van der Waals surface area (Å²) in [5, 5.41) is 11.2. The highest BCUT2D eigenvalue weighted by Gasteiger charge is 2.26. The highest BCUT2D eigenvalue weighted by atomic mass is 32.2. The zero-order valence-electron chi connectivity index (χ0n) is 16.8. The predicted molar refractivity (Wildman–Crippen MR) is 117 cm³/mol. The van der Waals surface area contributed by atoms with E-state index < -0.39 is 0 Å². The minimum Gasteiger partial charge on any atom is -0.376 e. The molecule has 0 saturated carbocycles. The molecule has 0 spiro atoms. The van der Waals surface area contributed by atoms with Crippen LogP contribution in [0.4, 0.5) is 0 Å². The van der Waals surface area contributed by atoms with Gasteiger partial charge in [-0.1, -0.05) is 13.0 Å². The first-order chi connectivity index (χ1) is 14.6. The molecule has 0 amide bonds. The molecule has 3 aromatic rings. The van der Waals surface area contributed by atoms with Crippen molar-refractivity contribution < 1.29 is 4.74 Å². The van der Waals surface area contributed by atoms with Crippen molar-refractivity contribution in [3.63, 3.8) is 0 Å². The maximum atomic E-state index is 13.7. The molecule has 30 heavy (non-hydrogen) atoms. The van der Waals surface area contributed by atoms with Crippen LogP contribution in [0.25, 0.3) is 10.2 Å². The zero-order chi connectivity index (χ0) is 20.7. The summed E-state index contributed by atoms with van der Waals surface area (Å²) in [6, 6.07) is 7.40. The summed E-state index contributed by atoms with van der Waals surface area (Å²) in [7, 11) is 0. The Bertz CT molecular complexity index is 1200. The van der Waals surface area contributed by atoms with Gasteiger partial charge in [-0.25, -0.2) is 9.97 Å². The Balaban J connectivity index is 1.63. The third-order valence-corrected chi connectivity index (χ3v) is 7.90. The van der Waals surface area contributed by atoms with Gasteiger partial charge in [-0.2, -0.15) is 5.26 Å². The molecule has 2 atom stereocenters. The van der Waals surface area contributed by atoms with Crippen LogP contribution in [0, 0.1) is 17.2 Å². The van der Waals surface area contributed by atoms with Crippen LogP contribution < -0.4 is 5.56 Å². The number of ether oxygens (including phenoxy) is 1. The fraction of sp³-hybridized carbons (Fsp3) is 0.455. The lowest BCUT2D eigenvalue weighted by Gasteiger charge is -2.18. The molecular weight excluding hydrogens is 416 g/mol. The first-order valence-electron chi connectivity index (χ1n) is 10.3. The minimum atomic E-state index is 0.0292. The number of thiophene rings is 1. The van der Waals surface area contributed by atoms with E-state index in [4.69, 9.17) is 15.0 Å². The van der Waals surface area contributed by atoms with Crippen molar-refractivity contribution in [2.75, 3.05) is 6.61 Å². The van der Waals surface area contributed by atoms with E-state index in [0.717, 1.165) is 48.9 Å². The lowest BCUT2D eigenvalue weighted by molar-refractivity contribution is 0.0937. The van der Waals surface area contributed by atoms with Gasteiger partial charge in [0.1, 0.15) is 21.6 Å². The molecule has 1 aliphatic heterocycles. The summed E-state index contributed by atoms with van der Waals surface area (Å²) in [5.41, 5.74) is 1.59. The van der Waals surface area contributed by atoms with Crippen LogP contribution in [0.2, 0.25) is 0 Å². The standard InChI is InChI=1S/C22H22N4O2S2/c1-13-7-8-16-17(10-13)29-20-19(16)21(27)26(12-15-5-3-9-28-15)22(25-20)30-18-6-2-4-14(11-23)24-18/h2,4,6,13,15H,3,5,7-10,12H2,1H3. The minimum absolute atomic E-state index is 0.0292. The SMILES string of the molecule is CC1CCc2c(sc3nc(Sc4cccc(C#N)n4)n(CC4CCCO4)c(=O)c23)C1. The van der Waals surface area contributed by atoms with Gasteiger partial charge in [0.05, 0.1) is 18.0 Å². The van der Waals surface area contributed by atoms with E-state index in [1.54, 1.807) is 28.0 Å². The molecule has 154 valence electrons. The van der Waals surface area contributed by atoms with E-state index in [0.29, 0.717) is 28.3 Å². The van der Waals surface area contributed by atoms with Crippen molar-refractivity contribution in [1.29, 1.82) is 5.26 Å². The zero-order valence-corrected chi connectivity index (χ0v) is 18.4. The van der Waals surface area contributed by atoms with Crippen molar-refractivity contribution in [1.82, 2.24) is 14.5 Å². The summed E-state index contributed by atoms with van der Waals surface area (Å²) in [6.07, 6.45) is 5.10. The number of hydrogen-bond donors (Lipinski definition) is 0. The third-order valence-electron chi connectivity index (χ3n) is 5.82. The maximum absolute atomic E-state index is 13.7. The van der Waals surface area contributed by atoms with Crippen LogP contribution >= 0.6 is 23.1 Å². The molecule has 5 rings (SSSR count). The van der Waals surface area contributed by atoms with E-state index in [1.165, 1.54) is 22.2 Å². The maximum Gasteiger partial charge on any atom is 0.263 e. The summed E-state index contributed by atoms with van der Waals surface area (Å²) in [4.78, 5) is 25.1. The van der Waals surface area contributed by atoms with Gasteiger partial charge in [0.2, 0.25) is 0 Å². The number of pyridine rings is 1. The quantitative estimate of drug-likeness (QED) is 0.569. The van der Waals surface area contributed by atoms with Crippen LogP contribution in [0.15, 0.2) is 33.2 Å². The number of nitrogens with zero attached hydrogens (tertiary/aromatic N) is 4. The molecule has 8 heteroatoms. The molecular formula is C22H22N4O2S2. The third kappa shape index (κ3) is 3.66. The molecule has 2 unspecified atom stereocenters. The number of rotatable bonds is 4. The Morgan fingerprint density at radius 2 is 2.27 bits per heavy atom. The van der Waals surface area contributed by atoms with Crippen LogP contribution in [0.1, 0.15) is 42.3 Å². The Morgan fingerprint density at radius 3 is 3.07 bits per heavy atom. The van der Waals surface area contributed by atoms with Gasteiger partial charge in [0, 0.05) is 11.5 Å². The van der Waals surface area contributed by atoms with Crippen LogP contribution in [0.3, 0.4) is 0 Å². The van der Waals surface area contributed by atoms with Crippen LogP contribution in [0.5, 0.6) is 0 Å². The molecule has 3 aromatic heterocycles. The van der Waals surface area contributed by atoms with Crippen molar-refractivity contribution in [2.24, 2.45) is 5.92 Å². The molecule has 0 aromatic carbocycles. The van der Waals surface area contributed by atoms with E-state index in [1.807, 2.05) is 6.07 Å². The van der Waals surface area contributed by atoms with Gasteiger partial charge in [-0.05, 0) is 67.5 Å². The fourth-order valence-corrected chi connectivity index (χ4v) is 6.58. The molecule has 2 aliphatic rings. The number of nitriles is 1. The highest BCUT2D eigenvalue weighted by Crippen LogP contribution is 2.37. The second-order valence-corrected chi connectivity index (χ2v) is 10.1. The number of hydrogen-bond acceptors (Lipinski definition) is 7. The normalized spacial score (nSPS) is 20.9.